The van der Waals surface area contributed by atoms with Crippen LogP contribution in [-0.2, 0) is 9.53 Å². The Kier molecular flexibility index (Phi) is 11.1. The van der Waals surface area contributed by atoms with Crippen LogP contribution in [0, 0.1) is 17.6 Å². The number of nitrogens with two attached hydrogens (primary N) is 3. The Morgan fingerprint density at radius 3 is 2.33 bits per heavy atom. The average molecular weight is 877 g/mol. The first-order chi connectivity index (χ1) is 30.9. The number of hydrogen-bond donors (Lipinski definition) is 5. The fourth-order valence-corrected chi connectivity index (χ4v) is 11.4. The van der Waals surface area contributed by atoms with E-state index in [9.17, 15) is 14.7 Å². The number of fused-ring (bicyclic) bond motifs is 3. The Bertz CT molecular complexity index is 2490. The van der Waals surface area contributed by atoms with Crippen LogP contribution >= 0.6 is 0 Å². The summed E-state index contributed by atoms with van der Waals surface area (Å²) in [5.41, 5.74) is 22.9. The Morgan fingerprint density at radius 2 is 1.61 bits per heavy atom. The molecule has 2 bridgehead atoms. The van der Waals surface area contributed by atoms with Gasteiger partial charge in [0.2, 0.25) is 5.91 Å². The van der Waals surface area contributed by atoms with Crippen molar-refractivity contribution in [1.82, 2.24) is 19.7 Å². The zero-order valence-electron chi connectivity index (χ0n) is 36.1. The number of nitrogens with zero attached hydrogens (tertiary/aromatic N) is 6. The first-order valence-electron chi connectivity index (χ1n) is 22.8. The van der Waals surface area contributed by atoms with Crippen molar-refractivity contribution in [3.05, 3.63) is 102 Å². The second-order valence-corrected chi connectivity index (χ2v) is 18.7. The lowest BCUT2D eigenvalue weighted by molar-refractivity contribution is -0.120. The molecule has 6 aliphatic heterocycles. The number of halogens is 2. The van der Waals surface area contributed by atoms with E-state index in [1.807, 2.05) is 30.5 Å². The number of phenolic OH excluding ortho intramolecular Hbond substituents is 1. The quantitative estimate of drug-likeness (QED) is 0.134. The number of piperazine rings is 1. The highest BCUT2D eigenvalue weighted by molar-refractivity contribution is 6.06. The molecule has 6 aliphatic rings. The standard InChI is InChI=1S/C48H58F2N10O4/c49-37-8-7-32(60-33-5-6-34(60)28-57(27-33)43(46(52)53)24-39(51)36-3-1-2-4-44(36)61)22-41(37)56-15-9-30(10-16-56)26-55-19-13-48(14-20-55)25-35(29-64-48)58-17-11-31-21-42(38(50)23-40(31)58)59-18-12-45(62)54-47(59)63/h1-4,7-8,11,17,21-24,30,33-35,61H,5-6,9-10,12-16,18-20,25-29,51-53H2,(H,54,62,63)/b39-24-/t33?,34?,35-/m1/s1. The summed E-state index contributed by atoms with van der Waals surface area (Å²) in [4.78, 5) is 34.8. The topological polar surface area (TPSA) is 175 Å². The van der Waals surface area contributed by atoms with Gasteiger partial charge in [-0.25, -0.2) is 13.6 Å². The van der Waals surface area contributed by atoms with Crippen LogP contribution in [0.15, 0.2) is 84.5 Å². The Balaban J connectivity index is 0.723. The number of carbonyl (C=O) groups is 2. The predicted molar refractivity (Wildman–Crippen MR) is 243 cm³/mol. The lowest BCUT2D eigenvalue weighted by atomic mass is 9.86. The van der Waals surface area contributed by atoms with Crippen molar-refractivity contribution in [3.63, 3.8) is 0 Å². The Labute approximate surface area is 371 Å². The molecular weight excluding hydrogens is 819 g/mol. The first-order valence-corrected chi connectivity index (χ1v) is 22.8. The van der Waals surface area contributed by atoms with Crippen LogP contribution < -0.4 is 37.2 Å². The summed E-state index contributed by atoms with van der Waals surface area (Å²) in [5, 5.41) is 13.5. The van der Waals surface area contributed by atoms with Crippen LogP contribution in [0.25, 0.3) is 16.6 Å². The molecule has 6 fully saturated rings. The maximum Gasteiger partial charge on any atom is 0.328 e. The third kappa shape index (κ3) is 7.95. The van der Waals surface area contributed by atoms with Crippen molar-refractivity contribution in [2.75, 3.05) is 73.7 Å². The van der Waals surface area contributed by atoms with Gasteiger partial charge in [0.25, 0.3) is 0 Å². The number of para-hydroxylation sites is 1. The summed E-state index contributed by atoms with van der Waals surface area (Å²) >= 11 is 0. The molecule has 1 spiro atoms. The monoisotopic (exact) mass is 876 g/mol. The number of phenols is 1. The summed E-state index contributed by atoms with van der Waals surface area (Å²) in [6.07, 6.45) is 10.6. The fraction of sp³-hybridized carbons (Fsp3) is 0.458. The molecule has 3 amide bonds. The number of carbonyl (C=O) groups excluding carboxylic acids is 2. The van der Waals surface area contributed by atoms with Gasteiger partial charge in [-0.3, -0.25) is 15.0 Å². The zero-order chi connectivity index (χ0) is 44.3. The summed E-state index contributed by atoms with van der Waals surface area (Å²) in [6.45, 7) is 6.64. The molecule has 7 heterocycles. The molecule has 0 radical (unpaired) electrons. The van der Waals surface area contributed by atoms with Crippen molar-refractivity contribution < 1.29 is 28.2 Å². The number of piperidine rings is 2. The van der Waals surface area contributed by atoms with E-state index in [0.29, 0.717) is 48.3 Å². The number of urea groups is 1. The van der Waals surface area contributed by atoms with Gasteiger partial charge in [0.1, 0.15) is 23.2 Å². The van der Waals surface area contributed by atoms with E-state index in [2.05, 4.69) is 29.5 Å². The summed E-state index contributed by atoms with van der Waals surface area (Å²) < 4.78 is 39.8. The number of aromatic nitrogens is 1. The van der Waals surface area contributed by atoms with E-state index in [4.69, 9.17) is 21.9 Å². The molecule has 14 nitrogen and oxygen atoms in total. The summed E-state index contributed by atoms with van der Waals surface area (Å²) in [7, 11) is 0. The van der Waals surface area contributed by atoms with Crippen molar-refractivity contribution >= 4 is 45.6 Å². The molecule has 338 valence electrons. The number of imide groups is 1. The second kappa shape index (κ2) is 16.8. The van der Waals surface area contributed by atoms with Gasteiger partial charge in [-0.05, 0) is 99.4 Å². The number of amides is 3. The maximum atomic E-state index is 15.6. The molecule has 8 N–H and O–H groups in total. The lowest BCUT2D eigenvalue weighted by Gasteiger charge is -2.44. The molecule has 6 saturated heterocycles. The smallest absolute Gasteiger partial charge is 0.328 e. The highest BCUT2D eigenvalue weighted by atomic mass is 19.1. The van der Waals surface area contributed by atoms with Crippen LogP contribution in [-0.4, -0.2) is 108 Å². The number of nitrogens with one attached hydrogen (secondary N) is 1. The van der Waals surface area contributed by atoms with Crippen molar-refractivity contribution in [1.29, 1.82) is 0 Å². The third-order valence-corrected chi connectivity index (χ3v) is 14.8. The van der Waals surface area contributed by atoms with Gasteiger partial charge < -0.3 is 51.2 Å². The van der Waals surface area contributed by atoms with Crippen molar-refractivity contribution in [3.8, 4) is 5.75 Å². The Morgan fingerprint density at radius 1 is 0.859 bits per heavy atom. The van der Waals surface area contributed by atoms with Crippen molar-refractivity contribution in [2.45, 2.75) is 75.1 Å². The molecule has 64 heavy (non-hydrogen) atoms. The normalized spacial score (nSPS) is 24.3. The van der Waals surface area contributed by atoms with Gasteiger partial charge in [-0.15, -0.1) is 0 Å². The number of ether oxygens (including phenoxy) is 1. The molecular formula is C48H58F2N10O4. The predicted octanol–water partition coefficient (Wildman–Crippen LogP) is 5.52. The summed E-state index contributed by atoms with van der Waals surface area (Å²) in [5.74, 6) is -0.240. The molecule has 3 atom stereocenters. The minimum atomic E-state index is -0.602. The minimum absolute atomic E-state index is 0.0816. The molecule has 1 aromatic heterocycles. The fourth-order valence-electron chi connectivity index (χ4n) is 11.4. The Hall–Kier alpha value is -6.00. The van der Waals surface area contributed by atoms with Crippen LogP contribution in [0.3, 0.4) is 0 Å². The van der Waals surface area contributed by atoms with Gasteiger partial charge in [0.05, 0.1) is 40.8 Å². The van der Waals surface area contributed by atoms with Crippen molar-refractivity contribution in [2.24, 2.45) is 23.1 Å². The van der Waals surface area contributed by atoms with E-state index in [1.54, 1.807) is 36.4 Å². The SMILES string of the molecule is NC(N)=C(/C=C(\N)c1ccccc1O)N1CC2CCC(C1)N2c1ccc(F)c(N2CCC(CN3CCC4(CC3)C[C@@H](n3ccc5cc(N6CCC(=O)NC6=O)c(F)cc53)CO4)CC2)c1. The van der Waals surface area contributed by atoms with Crippen LogP contribution in [0.4, 0.5) is 30.6 Å². The van der Waals surface area contributed by atoms with E-state index in [1.165, 1.54) is 11.0 Å². The van der Waals surface area contributed by atoms with E-state index in [-0.39, 0.29) is 65.7 Å². The lowest BCUT2D eigenvalue weighted by Crippen LogP contribution is -2.54. The number of likely N-dealkylation sites (tertiary alicyclic amines) is 2. The van der Waals surface area contributed by atoms with Gasteiger partial charge in [-0.1, -0.05) is 12.1 Å². The van der Waals surface area contributed by atoms with Gasteiger partial charge in [0.15, 0.2) is 0 Å². The molecule has 4 aromatic rings. The molecule has 0 saturated carbocycles. The van der Waals surface area contributed by atoms with Crippen LogP contribution in [0.1, 0.15) is 63.0 Å². The van der Waals surface area contributed by atoms with Gasteiger partial charge in [0, 0.05) is 105 Å². The minimum Gasteiger partial charge on any atom is -0.507 e. The second-order valence-electron chi connectivity index (χ2n) is 18.7. The largest absolute Gasteiger partial charge is 0.507 e. The number of aromatic hydroxyl groups is 1. The molecule has 10 rings (SSSR count). The molecule has 16 heteroatoms. The number of benzene rings is 3. The number of hydrogen-bond acceptors (Lipinski definition) is 11. The van der Waals surface area contributed by atoms with Crippen LogP contribution in [0.5, 0.6) is 5.75 Å². The third-order valence-electron chi connectivity index (χ3n) is 14.8. The zero-order valence-corrected chi connectivity index (χ0v) is 36.1. The number of anilines is 3. The molecule has 3 aromatic carbocycles. The number of rotatable bonds is 9. The van der Waals surface area contributed by atoms with Gasteiger partial charge in [-0.2, -0.15) is 0 Å². The van der Waals surface area contributed by atoms with E-state index < -0.39 is 11.8 Å². The molecule has 0 aliphatic carbocycles. The maximum absolute atomic E-state index is 15.6. The summed E-state index contributed by atoms with van der Waals surface area (Å²) in [6, 6.07) is 17.5. The number of allylic oxidation sites excluding steroid dienone is 1. The van der Waals surface area contributed by atoms with Gasteiger partial charge >= 0.3 is 6.03 Å². The molecule has 2 unspecified atom stereocenters. The van der Waals surface area contributed by atoms with Crippen LogP contribution in [0.2, 0.25) is 0 Å². The van der Waals surface area contributed by atoms with E-state index >= 15 is 8.78 Å². The van der Waals surface area contributed by atoms with E-state index in [0.717, 1.165) is 94.3 Å². The average Bonchev–Trinajstić information content (AvgIpc) is 3.96. The highest BCUT2D eigenvalue weighted by Crippen LogP contribution is 2.44. The highest BCUT2D eigenvalue weighted by Gasteiger charge is 2.44. The first kappa shape index (κ1) is 42.0.